The van der Waals surface area contributed by atoms with Crippen molar-refractivity contribution in [1.82, 2.24) is 10.3 Å². The van der Waals surface area contributed by atoms with Crippen LogP contribution in [0.15, 0.2) is 23.6 Å². The molecule has 2 aromatic rings. The van der Waals surface area contributed by atoms with Crippen molar-refractivity contribution in [1.29, 1.82) is 0 Å². The maximum atomic E-state index is 12.4. The van der Waals surface area contributed by atoms with Crippen LogP contribution in [0.2, 0.25) is 0 Å². The fraction of sp³-hybridized carbons (Fsp3) is 0.474. The Kier molecular flexibility index (Phi) is 5.58. The summed E-state index contributed by atoms with van der Waals surface area (Å²) in [6, 6.07) is 5.79. The van der Waals surface area contributed by atoms with Gasteiger partial charge in [-0.1, -0.05) is 26.0 Å². The molecular formula is C19H24N2O3S. The van der Waals surface area contributed by atoms with Crippen LogP contribution in [0.4, 0.5) is 0 Å². The molecule has 1 aromatic carbocycles. The average Bonchev–Trinajstić information content (AvgIpc) is 3.09. The zero-order valence-electron chi connectivity index (χ0n) is 14.9. The monoisotopic (exact) mass is 360 g/mol. The van der Waals surface area contributed by atoms with Crippen LogP contribution in [0.3, 0.4) is 0 Å². The van der Waals surface area contributed by atoms with E-state index in [0.717, 1.165) is 34.2 Å². The molecule has 0 saturated carbocycles. The van der Waals surface area contributed by atoms with Gasteiger partial charge >= 0.3 is 0 Å². The molecule has 5 nitrogen and oxygen atoms in total. The van der Waals surface area contributed by atoms with E-state index in [0.29, 0.717) is 25.5 Å². The summed E-state index contributed by atoms with van der Waals surface area (Å²) in [5.41, 5.74) is 2.07. The minimum absolute atomic E-state index is 0.0350. The van der Waals surface area contributed by atoms with Gasteiger partial charge in [0.2, 0.25) is 5.91 Å². The SMILES string of the molecule is COc1cccc2c1OC[C@H](C(=O)NCCc1csc(C(C)C)n1)C2. The lowest BCUT2D eigenvalue weighted by atomic mass is 9.95. The van der Waals surface area contributed by atoms with Crippen molar-refractivity contribution in [3.05, 3.63) is 39.8 Å². The number of thiazole rings is 1. The average molecular weight is 360 g/mol. The molecule has 1 aromatic heterocycles. The second-order valence-corrected chi connectivity index (χ2v) is 7.42. The van der Waals surface area contributed by atoms with Crippen molar-refractivity contribution in [2.24, 2.45) is 5.92 Å². The fourth-order valence-electron chi connectivity index (χ4n) is 2.88. The topological polar surface area (TPSA) is 60.5 Å². The van der Waals surface area contributed by atoms with Gasteiger partial charge in [-0.15, -0.1) is 11.3 Å². The first-order valence-electron chi connectivity index (χ1n) is 8.59. The van der Waals surface area contributed by atoms with Crippen LogP contribution in [-0.2, 0) is 17.6 Å². The van der Waals surface area contributed by atoms with Crippen molar-refractivity contribution in [2.75, 3.05) is 20.3 Å². The van der Waals surface area contributed by atoms with Gasteiger partial charge in [0.25, 0.3) is 0 Å². The second-order valence-electron chi connectivity index (χ2n) is 6.53. The number of para-hydroxylation sites is 1. The molecule has 0 radical (unpaired) electrons. The molecular weight excluding hydrogens is 336 g/mol. The summed E-state index contributed by atoms with van der Waals surface area (Å²) in [5, 5.41) is 6.24. The van der Waals surface area contributed by atoms with Gasteiger partial charge in [-0.3, -0.25) is 4.79 Å². The zero-order chi connectivity index (χ0) is 17.8. The Balaban J connectivity index is 1.52. The Labute approximate surface area is 152 Å². The van der Waals surface area contributed by atoms with E-state index in [1.54, 1.807) is 18.4 Å². The Bertz CT molecular complexity index is 742. The number of rotatable bonds is 6. The number of nitrogens with one attached hydrogen (secondary N) is 1. The van der Waals surface area contributed by atoms with Crippen LogP contribution in [-0.4, -0.2) is 31.2 Å². The molecule has 1 N–H and O–H groups in total. The highest BCUT2D eigenvalue weighted by atomic mass is 32.1. The lowest BCUT2D eigenvalue weighted by molar-refractivity contribution is -0.126. The van der Waals surface area contributed by atoms with E-state index in [9.17, 15) is 4.79 Å². The third-order valence-electron chi connectivity index (χ3n) is 4.29. The van der Waals surface area contributed by atoms with Crippen molar-refractivity contribution >= 4 is 17.2 Å². The molecule has 1 aliphatic heterocycles. The number of amides is 1. The molecule has 0 fully saturated rings. The molecule has 6 heteroatoms. The maximum absolute atomic E-state index is 12.4. The van der Waals surface area contributed by atoms with Gasteiger partial charge in [-0.2, -0.15) is 0 Å². The van der Waals surface area contributed by atoms with Gasteiger partial charge < -0.3 is 14.8 Å². The standard InChI is InChI=1S/C19H24N2O3S/c1-12(2)19-21-15(11-25-19)7-8-20-18(22)14-9-13-5-4-6-16(23-3)17(13)24-10-14/h4-6,11-12,14H,7-10H2,1-3H3,(H,20,22)/t14-/m1/s1. The van der Waals surface area contributed by atoms with E-state index < -0.39 is 0 Å². The Hall–Kier alpha value is -2.08. The van der Waals surface area contributed by atoms with Crippen LogP contribution in [0.1, 0.15) is 36.0 Å². The first-order chi connectivity index (χ1) is 12.1. The van der Waals surface area contributed by atoms with Crippen LogP contribution >= 0.6 is 11.3 Å². The van der Waals surface area contributed by atoms with E-state index in [4.69, 9.17) is 9.47 Å². The molecule has 1 aliphatic rings. The van der Waals surface area contributed by atoms with E-state index in [1.165, 1.54) is 0 Å². The smallest absolute Gasteiger partial charge is 0.226 e. The number of ether oxygens (including phenoxy) is 2. The highest BCUT2D eigenvalue weighted by Crippen LogP contribution is 2.36. The molecule has 0 bridgehead atoms. The molecule has 0 saturated heterocycles. The predicted octanol–water partition coefficient (Wildman–Crippen LogP) is 3.19. The molecule has 3 rings (SSSR count). The summed E-state index contributed by atoms with van der Waals surface area (Å²) in [5.74, 6) is 1.80. The van der Waals surface area contributed by atoms with Crippen molar-refractivity contribution in [2.45, 2.75) is 32.6 Å². The predicted molar refractivity (Wildman–Crippen MR) is 98.6 cm³/mol. The number of carbonyl (C=O) groups excluding carboxylic acids is 1. The quantitative estimate of drug-likeness (QED) is 0.859. The summed E-state index contributed by atoms with van der Waals surface area (Å²) in [6.07, 6.45) is 1.43. The minimum Gasteiger partial charge on any atom is -0.493 e. The van der Waals surface area contributed by atoms with Crippen LogP contribution < -0.4 is 14.8 Å². The molecule has 0 spiro atoms. The van der Waals surface area contributed by atoms with E-state index >= 15 is 0 Å². The van der Waals surface area contributed by atoms with Crippen LogP contribution in [0.25, 0.3) is 0 Å². The number of methoxy groups -OCH3 is 1. The van der Waals surface area contributed by atoms with Crippen LogP contribution in [0, 0.1) is 5.92 Å². The van der Waals surface area contributed by atoms with Crippen molar-refractivity contribution in [3.8, 4) is 11.5 Å². The number of nitrogens with zero attached hydrogens (tertiary/aromatic N) is 1. The van der Waals surface area contributed by atoms with E-state index in [1.807, 2.05) is 18.2 Å². The van der Waals surface area contributed by atoms with Gasteiger partial charge in [0.15, 0.2) is 11.5 Å². The highest BCUT2D eigenvalue weighted by molar-refractivity contribution is 7.09. The van der Waals surface area contributed by atoms with Gasteiger partial charge in [0.1, 0.15) is 6.61 Å². The number of benzene rings is 1. The van der Waals surface area contributed by atoms with Crippen molar-refractivity contribution in [3.63, 3.8) is 0 Å². The molecule has 25 heavy (non-hydrogen) atoms. The number of hydrogen-bond donors (Lipinski definition) is 1. The Morgan fingerprint density at radius 3 is 3.04 bits per heavy atom. The van der Waals surface area contributed by atoms with Crippen molar-refractivity contribution < 1.29 is 14.3 Å². The fourth-order valence-corrected chi connectivity index (χ4v) is 3.75. The number of aromatic nitrogens is 1. The molecule has 0 aliphatic carbocycles. The number of hydrogen-bond acceptors (Lipinski definition) is 5. The summed E-state index contributed by atoms with van der Waals surface area (Å²) in [4.78, 5) is 17.0. The lowest BCUT2D eigenvalue weighted by Crippen LogP contribution is -2.38. The summed E-state index contributed by atoms with van der Waals surface area (Å²) in [6.45, 7) is 5.26. The molecule has 0 unspecified atom stereocenters. The number of fused-ring (bicyclic) bond motifs is 1. The largest absolute Gasteiger partial charge is 0.493 e. The minimum atomic E-state index is -0.165. The molecule has 2 heterocycles. The molecule has 134 valence electrons. The zero-order valence-corrected chi connectivity index (χ0v) is 15.7. The van der Waals surface area contributed by atoms with Crippen LogP contribution in [0.5, 0.6) is 11.5 Å². The van der Waals surface area contributed by atoms with E-state index in [-0.39, 0.29) is 11.8 Å². The lowest BCUT2D eigenvalue weighted by Gasteiger charge is -2.25. The second kappa shape index (κ2) is 7.87. The third kappa shape index (κ3) is 4.12. The highest BCUT2D eigenvalue weighted by Gasteiger charge is 2.27. The normalized spacial score (nSPS) is 16.2. The maximum Gasteiger partial charge on any atom is 0.226 e. The first-order valence-corrected chi connectivity index (χ1v) is 9.47. The van der Waals surface area contributed by atoms with Gasteiger partial charge in [-0.25, -0.2) is 4.98 Å². The first kappa shape index (κ1) is 17.7. The molecule has 1 atom stereocenters. The third-order valence-corrected chi connectivity index (χ3v) is 5.48. The Morgan fingerprint density at radius 1 is 1.48 bits per heavy atom. The van der Waals surface area contributed by atoms with Gasteiger partial charge in [-0.05, 0) is 18.1 Å². The summed E-state index contributed by atoms with van der Waals surface area (Å²) >= 11 is 1.68. The molecule has 1 amide bonds. The Morgan fingerprint density at radius 2 is 2.32 bits per heavy atom. The van der Waals surface area contributed by atoms with Gasteiger partial charge in [0, 0.05) is 24.3 Å². The summed E-state index contributed by atoms with van der Waals surface area (Å²) in [7, 11) is 1.63. The number of carbonyl (C=O) groups is 1. The van der Waals surface area contributed by atoms with Gasteiger partial charge in [0.05, 0.1) is 23.7 Å². The van der Waals surface area contributed by atoms with E-state index in [2.05, 4.69) is 29.5 Å². The summed E-state index contributed by atoms with van der Waals surface area (Å²) < 4.78 is 11.1.